The molecule has 0 aromatic heterocycles. The summed E-state index contributed by atoms with van der Waals surface area (Å²) >= 11 is 0. The number of fused-ring (bicyclic) bond motifs is 5. The molecule has 3 fully saturated rings. The highest BCUT2D eigenvalue weighted by Gasteiger charge is 2.78. The Balaban J connectivity index is 1.56. The van der Waals surface area contributed by atoms with E-state index in [4.69, 9.17) is 23.7 Å². The van der Waals surface area contributed by atoms with Crippen LogP contribution < -0.4 is 5.32 Å². The van der Waals surface area contributed by atoms with Crippen LogP contribution in [0.3, 0.4) is 0 Å². The number of amides is 1. The van der Waals surface area contributed by atoms with Crippen molar-refractivity contribution >= 4 is 35.6 Å². The SMILES string of the molecule is C/C=C(\C)C(=O)NC(c1ccccc1)C(O)C(=O)O[C@H]1C[C@@]2(O)[C@@H](OC(=O)c3ccccc3)[C@@H]3[C@]4(OC(C)=O)CO[C@@H]4C[C@H](O)[C@@]3(C)C(=O)[C@H](OC(C)=O)C(=C1C)C2(C)C. The number of rotatable bonds is 10. The summed E-state index contributed by atoms with van der Waals surface area (Å²) in [5.74, 6) is -6.78. The van der Waals surface area contributed by atoms with Crippen LogP contribution in [0.25, 0.3) is 0 Å². The molecule has 2 unspecified atom stereocenters. The molecule has 6 rings (SSSR count). The number of Topliss-reactive ketones (excluding diaryl/α,β-unsaturated/α-hetero) is 1. The van der Waals surface area contributed by atoms with Gasteiger partial charge in [-0.25, -0.2) is 9.59 Å². The van der Waals surface area contributed by atoms with Crippen molar-refractivity contribution in [3.8, 4) is 0 Å². The predicted molar refractivity (Wildman–Crippen MR) is 211 cm³/mol. The molecule has 1 heterocycles. The van der Waals surface area contributed by atoms with Gasteiger partial charge in [0.25, 0.3) is 0 Å². The molecule has 11 atom stereocenters. The van der Waals surface area contributed by atoms with Crippen molar-refractivity contribution in [3.63, 3.8) is 0 Å². The van der Waals surface area contributed by atoms with E-state index in [9.17, 15) is 39.3 Å². The lowest BCUT2D eigenvalue weighted by atomic mass is 9.44. The van der Waals surface area contributed by atoms with Crippen LogP contribution in [0.4, 0.5) is 0 Å². The topological polar surface area (TPSA) is 221 Å². The third kappa shape index (κ3) is 7.24. The first-order valence-corrected chi connectivity index (χ1v) is 19.9. The van der Waals surface area contributed by atoms with Gasteiger partial charge in [0.1, 0.15) is 23.9 Å². The lowest BCUT2D eigenvalue weighted by Crippen LogP contribution is -2.82. The number of carbonyl (C=O) groups is 6. The van der Waals surface area contributed by atoms with Crippen molar-refractivity contribution in [2.75, 3.05) is 6.61 Å². The van der Waals surface area contributed by atoms with Crippen LogP contribution >= 0.6 is 0 Å². The number of allylic oxidation sites excluding steroid dienone is 1. The van der Waals surface area contributed by atoms with E-state index in [1.165, 1.54) is 26.0 Å². The fourth-order valence-electron chi connectivity index (χ4n) is 9.75. The van der Waals surface area contributed by atoms with Crippen LogP contribution in [0.15, 0.2) is 83.5 Å². The maximum atomic E-state index is 15.4. The summed E-state index contributed by atoms with van der Waals surface area (Å²) in [6, 6.07) is 14.8. The van der Waals surface area contributed by atoms with Crippen molar-refractivity contribution in [2.24, 2.45) is 16.7 Å². The molecular weight excluding hydrogens is 778 g/mol. The van der Waals surface area contributed by atoms with Gasteiger partial charge >= 0.3 is 23.9 Å². The maximum absolute atomic E-state index is 15.4. The Morgan fingerprint density at radius 2 is 1.53 bits per heavy atom. The van der Waals surface area contributed by atoms with Gasteiger partial charge in [-0.3, -0.25) is 19.2 Å². The molecule has 2 bridgehead atoms. The molecule has 4 aliphatic rings. The molecule has 0 radical (unpaired) electrons. The lowest BCUT2D eigenvalue weighted by molar-refractivity contribution is -0.346. The first kappa shape index (κ1) is 44.3. The normalized spacial score (nSPS) is 32.9. The highest BCUT2D eigenvalue weighted by atomic mass is 16.6. The van der Waals surface area contributed by atoms with Gasteiger partial charge in [-0.1, -0.05) is 68.5 Å². The van der Waals surface area contributed by atoms with Crippen LogP contribution in [-0.2, 0) is 47.7 Å². The number of hydrogen-bond acceptors (Lipinski definition) is 14. The Morgan fingerprint density at radius 1 is 0.917 bits per heavy atom. The first-order chi connectivity index (χ1) is 28.1. The first-order valence-electron chi connectivity index (χ1n) is 19.9. The van der Waals surface area contributed by atoms with Crippen LogP contribution in [0, 0.1) is 16.7 Å². The van der Waals surface area contributed by atoms with Crippen LogP contribution in [0.5, 0.6) is 0 Å². The summed E-state index contributed by atoms with van der Waals surface area (Å²) in [6.45, 7) is 11.2. The van der Waals surface area contributed by atoms with E-state index in [1.54, 1.807) is 82.3 Å². The minimum atomic E-state index is -2.38. The molecule has 15 heteroatoms. The average molecular weight is 832 g/mol. The monoisotopic (exact) mass is 831 g/mol. The van der Waals surface area contributed by atoms with Crippen LogP contribution in [-0.4, -0.2) is 105 Å². The molecule has 4 N–H and O–H groups in total. The molecule has 2 aromatic rings. The smallest absolute Gasteiger partial charge is 0.338 e. The van der Waals surface area contributed by atoms with Gasteiger partial charge in [0.05, 0.1) is 35.6 Å². The number of aliphatic hydroxyl groups excluding tert-OH is 2. The highest BCUT2D eigenvalue weighted by Crippen LogP contribution is 2.64. The van der Waals surface area contributed by atoms with Gasteiger partial charge in [-0.2, -0.15) is 0 Å². The van der Waals surface area contributed by atoms with Gasteiger partial charge in [0.15, 0.2) is 23.6 Å². The molecule has 1 aliphatic heterocycles. The molecule has 1 saturated heterocycles. The van der Waals surface area contributed by atoms with Crippen LogP contribution in [0.1, 0.15) is 90.2 Å². The van der Waals surface area contributed by atoms with E-state index in [2.05, 4.69) is 5.32 Å². The molecule has 3 aliphatic carbocycles. The molecule has 322 valence electrons. The molecular formula is C45H53NO14. The Kier molecular flexibility index (Phi) is 12.1. The second kappa shape index (κ2) is 16.3. The zero-order chi connectivity index (χ0) is 44.1. The Hall–Kier alpha value is -5.22. The second-order valence-corrected chi connectivity index (χ2v) is 17.0. The minimum Gasteiger partial charge on any atom is -0.456 e. The molecule has 0 spiro atoms. The van der Waals surface area contributed by atoms with Crippen molar-refractivity contribution in [1.82, 2.24) is 5.32 Å². The van der Waals surface area contributed by atoms with E-state index in [0.29, 0.717) is 11.1 Å². The van der Waals surface area contributed by atoms with Crippen LogP contribution in [0.2, 0.25) is 0 Å². The number of ether oxygens (including phenoxy) is 5. The van der Waals surface area contributed by atoms with Crippen molar-refractivity contribution in [1.29, 1.82) is 0 Å². The van der Waals surface area contributed by atoms with Gasteiger partial charge in [-0.05, 0) is 56.5 Å². The second-order valence-electron chi connectivity index (χ2n) is 17.0. The van der Waals surface area contributed by atoms with Crippen molar-refractivity contribution < 1.29 is 67.8 Å². The van der Waals surface area contributed by atoms with Gasteiger partial charge in [0.2, 0.25) is 5.91 Å². The molecule has 2 aromatic carbocycles. The fourth-order valence-corrected chi connectivity index (χ4v) is 9.75. The Bertz CT molecular complexity index is 2110. The minimum absolute atomic E-state index is 0.00140. The number of ketones is 1. The molecule has 2 saturated carbocycles. The maximum Gasteiger partial charge on any atom is 0.338 e. The van der Waals surface area contributed by atoms with Crippen molar-refractivity contribution in [2.45, 2.75) is 122 Å². The van der Waals surface area contributed by atoms with E-state index in [1.807, 2.05) is 0 Å². The number of nitrogens with one attached hydrogen (secondary N) is 1. The fraction of sp³-hybridized carbons (Fsp3) is 0.511. The average Bonchev–Trinajstić information content (AvgIpc) is 3.20. The number of aliphatic hydroxyl groups is 3. The molecule has 15 nitrogen and oxygen atoms in total. The van der Waals surface area contributed by atoms with Gasteiger partial charge in [-0.15, -0.1) is 0 Å². The lowest BCUT2D eigenvalue weighted by Gasteiger charge is -2.67. The number of hydrogen-bond donors (Lipinski definition) is 4. The third-order valence-electron chi connectivity index (χ3n) is 13.2. The summed E-state index contributed by atoms with van der Waals surface area (Å²) < 4.78 is 30.2. The number of benzene rings is 2. The summed E-state index contributed by atoms with van der Waals surface area (Å²) in [5, 5.41) is 40.0. The van der Waals surface area contributed by atoms with Crippen molar-refractivity contribution in [3.05, 3.63) is 94.6 Å². The number of carbonyl (C=O) groups excluding carboxylic acids is 6. The highest BCUT2D eigenvalue weighted by molar-refractivity contribution is 5.96. The largest absolute Gasteiger partial charge is 0.456 e. The molecule has 60 heavy (non-hydrogen) atoms. The van der Waals surface area contributed by atoms with E-state index in [0.717, 1.165) is 13.8 Å². The standard InChI is InChI=1S/C45H53NO14/c1-9-23(2)39(52)46-33(27-16-12-10-13-17-27)34(50)41(54)58-29-21-45(55)38(59-40(53)28-18-14-11-15-19-28)36-43(8,30(49)20-31-44(36,22-56-31)60-26(5)48)37(51)35(57-25(4)47)32(24(29)3)42(45,6)7/h9-19,29-31,33-36,38,49-50,55H,20-22H2,1-8H3,(H,46,52)/b23-9+/t29-,30-,31+,33?,34?,35+,36-,38-,43+,44-,45+/m0/s1. The summed E-state index contributed by atoms with van der Waals surface area (Å²) in [7, 11) is 0. The van der Waals surface area contributed by atoms with Gasteiger partial charge in [0, 0.05) is 37.7 Å². The summed E-state index contributed by atoms with van der Waals surface area (Å²) in [5.41, 5.74) is -6.91. The third-order valence-corrected chi connectivity index (χ3v) is 13.2. The summed E-state index contributed by atoms with van der Waals surface area (Å²) in [6.07, 6.45) is -8.88. The summed E-state index contributed by atoms with van der Waals surface area (Å²) in [4.78, 5) is 82.9. The van der Waals surface area contributed by atoms with E-state index in [-0.39, 0.29) is 29.7 Å². The zero-order valence-electron chi connectivity index (χ0n) is 34.9. The predicted octanol–water partition coefficient (Wildman–Crippen LogP) is 3.39. The quantitative estimate of drug-likeness (QED) is 0.117. The number of esters is 4. The molecule has 1 amide bonds. The van der Waals surface area contributed by atoms with E-state index < -0.39 is 113 Å². The Labute approximate surface area is 348 Å². The van der Waals surface area contributed by atoms with E-state index >= 15 is 4.79 Å². The van der Waals surface area contributed by atoms with Gasteiger partial charge < -0.3 is 44.3 Å². The Morgan fingerprint density at radius 3 is 2.08 bits per heavy atom. The zero-order valence-corrected chi connectivity index (χ0v) is 34.9.